The number of fused-ring (bicyclic) bond motifs is 5. The molecule has 0 unspecified atom stereocenters. The summed E-state index contributed by atoms with van der Waals surface area (Å²) in [5.74, 6) is -0.580. The minimum atomic E-state index is -0.683. The van der Waals surface area contributed by atoms with Crippen molar-refractivity contribution in [3.63, 3.8) is 0 Å². The summed E-state index contributed by atoms with van der Waals surface area (Å²) < 4.78 is 35.9. The van der Waals surface area contributed by atoms with Gasteiger partial charge in [-0.05, 0) is 73.2 Å². The second-order valence-corrected chi connectivity index (χ2v) is 10.2. The number of halogens is 2. The summed E-state index contributed by atoms with van der Waals surface area (Å²) in [6.45, 7) is 0.363. The van der Waals surface area contributed by atoms with Crippen molar-refractivity contribution >= 4 is 23.1 Å². The third kappa shape index (κ3) is 3.86. The zero-order valence-electron chi connectivity index (χ0n) is 19.8. The van der Waals surface area contributed by atoms with Crippen molar-refractivity contribution in [2.24, 2.45) is 0 Å². The van der Waals surface area contributed by atoms with Crippen LogP contribution >= 0.6 is 11.3 Å². The van der Waals surface area contributed by atoms with Gasteiger partial charge in [0.2, 0.25) is 0 Å². The van der Waals surface area contributed by atoms with Gasteiger partial charge in [0.25, 0.3) is 0 Å². The van der Waals surface area contributed by atoms with Crippen LogP contribution in [0.4, 0.5) is 19.3 Å². The van der Waals surface area contributed by atoms with Crippen LogP contribution in [0.15, 0.2) is 60.8 Å². The van der Waals surface area contributed by atoms with Crippen molar-refractivity contribution in [1.29, 1.82) is 0 Å². The maximum Gasteiger partial charge on any atom is 0.323 e. The largest absolute Gasteiger partial charge is 0.497 e. The molecule has 2 amide bonds. The number of nitrogens with one attached hydrogen (secondary N) is 1. The minimum Gasteiger partial charge on any atom is -0.497 e. The number of amides is 2. The zero-order valence-corrected chi connectivity index (χ0v) is 20.6. The Kier molecular flexibility index (Phi) is 5.76. The van der Waals surface area contributed by atoms with Gasteiger partial charge in [-0.3, -0.25) is 0 Å². The molecule has 0 saturated heterocycles. The molecule has 0 spiro atoms. The number of ether oxygens (including phenoxy) is 1. The fraction of sp³-hybridized carbons (Fsp3) is 0.250. The molecule has 5 nitrogen and oxygen atoms in total. The van der Waals surface area contributed by atoms with E-state index in [2.05, 4.69) is 9.88 Å². The SMILES string of the molecule is COc1ccc([C@@H]2c3cccn3-c3sc4c(c3CN2C(=O)Nc2cc(F)ccc2F)CCCC4)cc1. The fourth-order valence-electron chi connectivity index (χ4n) is 5.30. The molecule has 2 aromatic heterocycles. The van der Waals surface area contributed by atoms with Gasteiger partial charge in [-0.1, -0.05) is 12.1 Å². The summed E-state index contributed by atoms with van der Waals surface area (Å²) >= 11 is 1.80. The van der Waals surface area contributed by atoms with E-state index < -0.39 is 23.7 Å². The summed E-state index contributed by atoms with van der Waals surface area (Å²) in [5.41, 5.74) is 4.12. The smallest absolute Gasteiger partial charge is 0.323 e. The van der Waals surface area contributed by atoms with E-state index in [1.807, 2.05) is 42.6 Å². The Balaban J connectivity index is 1.49. The molecule has 1 aliphatic heterocycles. The van der Waals surface area contributed by atoms with Crippen LogP contribution < -0.4 is 10.1 Å². The second kappa shape index (κ2) is 9.09. The number of aromatic nitrogens is 1. The van der Waals surface area contributed by atoms with Crippen LogP contribution in [0.5, 0.6) is 5.75 Å². The average molecular weight is 506 g/mol. The first-order valence-corrected chi connectivity index (χ1v) is 12.8. The molecule has 0 saturated carbocycles. The van der Waals surface area contributed by atoms with E-state index in [9.17, 15) is 13.6 Å². The number of carbonyl (C=O) groups excluding carboxylic acids is 1. The average Bonchev–Trinajstić information content (AvgIpc) is 3.48. The Bertz CT molecular complexity index is 1440. The lowest BCUT2D eigenvalue weighted by molar-refractivity contribution is 0.194. The predicted octanol–water partition coefficient (Wildman–Crippen LogP) is 6.84. The summed E-state index contributed by atoms with van der Waals surface area (Å²) in [6.07, 6.45) is 6.37. The van der Waals surface area contributed by atoms with Gasteiger partial charge in [0.15, 0.2) is 0 Å². The molecule has 1 N–H and O–H groups in total. The van der Waals surface area contributed by atoms with E-state index in [0.717, 1.165) is 59.3 Å². The van der Waals surface area contributed by atoms with Gasteiger partial charge >= 0.3 is 6.03 Å². The summed E-state index contributed by atoms with van der Waals surface area (Å²) in [6, 6.07) is 13.8. The van der Waals surface area contributed by atoms with Gasteiger partial charge < -0.3 is 19.5 Å². The normalized spacial score (nSPS) is 16.5. The van der Waals surface area contributed by atoms with Crippen molar-refractivity contribution in [2.45, 2.75) is 38.3 Å². The summed E-state index contributed by atoms with van der Waals surface area (Å²) in [4.78, 5) is 16.9. The molecule has 8 heteroatoms. The Hall–Kier alpha value is -3.65. The number of aryl methyl sites for hydroxylation is 1. The fourth-order valence-corrected chi connectivity index (χ4v) is 6.71. The van der Waals surface area contributed by atoms with Gasteiger partial charge in [-0.15, -0.1) is 11.3 Å². The van der Waals surface area contributed by atoms with Crippen LogP contribution in [0, 0.1) is 11.6 Å². The molecular weight excluding hydrogens is 480 g/mol. The highest BCUT2D eigenvalue weighted by atomic mass is 32.1. The highest BCUT2D eigenvalue weighted by molar-refractivity contribution is 7.15. The van der Waals surface area contributed by atoms with E-state index in [0.29, 0.717) is 12.3 Å². The molecule has 184 valence electrons. The molecule has 0 radical (unpaired) electrons. The molecular formula is C28H25F2N3O2S. The summed E-state index contributed by atoms with van der Waals surface area (Å²) in [7, 11) is 1.61. The number of rotatable bonds is 3. The van der Waals surface area contributed by atoms with Gasteiger partial charge in [-0.2, -0.15) is 0 Å². The summed E-state index contributed by atoms with van der Waals surface area (Å²) in [5, 5.41) is 3.77. The van der Waals surface area contributed by atoms with Crippen molar-refractivity contribution in [1.82, 2.24) is 9.47 Å². The van der Waals surface area contributed by atoms with E-state index in [1.165, 1.54) is 16.9 Å². The maximum atomic E-state index is 14.5. The lowest BCUT2D eigenvalue weighted by Gasteiger charge is -2.31. The molecule has 3 heterocycles. The molecule has 36 heavy (non-hydrogen) atoms. The van der Waals surface area contributed by atoms with Gasteiger partial charge in [-0.25, -0.2) is 13.6 Å². The van der Waals surface area contributed by atoms with E-state index in [4.69, 9.17) is 4.74 Å². The monoisotopic (exact) mass is 505 g/mol. The number of benzene rings is 2. The van der Waals surface area contributed by atoms with Gasteiger partial charge in [0, 0.05) is 22.7 Å². The van der Waals surface area contributed by atoms with Crippen LogP contribution in [0.2, 0.25) is 0 Å². The molecule has 6 rings (SSSR count). The number of carbonyl (C=O) groups is 1. The zero-order chi connectivity index (χ0) is 24.8. The molecule has 4 aromatic rings. The first kappa shape index (κ1) is 22.8. The van der Waals surface area contributed by atoms with Crippen molar-refractivity contribution < 1.29 is 18.3 Å². The highest BCUT2D eigenvalue weighted by Gasteiger charge is 2.36. The lowest BCUT2D eigenvalue weighted by atomic mass is 9.95. The van der Waals surface area contributed by atoms with Crippen LogP contribution in [0.25, 0.3) is 5.00 Å². The number of anilines is 1. The van der Waals surface area contributed by atoms with Crippen LogP contribution in [0.1, 0.15) is 46.1 Å². The van der Waals surface area contributed by atoms with Crippen molar-refractivity contribution in [3.05, 3.63) is 99.7 Å². The van der Waals surface area contributed by atoms with Crippen LogP contribution in [0.3, 0.4) is 0 Å². The minimum absolute atomic E-state index is 0.180. The topological polar surface area (TPSA) is 46.5 Å². The quantitative estimate of drug-likeness (QED) is 0.331. The Morgan fingerprint density at radius 2 is 1.86 bits per heavy atom. The highest BCUT2D eigenvalue weighted by Crippen LogP contribution is 2.44. The number of hydrogen-bond acceptors (Lipinski definition) is 3. The molecule has 2 aromatic carbocycles. The first-order chi connectivity index (χ1) is 17.5. The third-order valence-electron chi connectivity index (χ3n) is 7.04. The molecule has 0 bridgehead atoms. The molecule has 2 aliphatic rings. The van der Waals surface area contributed by atoms with E-state index >= 15 is 0 Å². The van der Waals surface area contributed by atoms with E-state index in [1.54, 1.807) is 23.3 Å². The van der Waals surface area contributed by atoms with E-state index in [-0.39, 0.29) is 5.69 Å². The number of methoxy groups -OCH3 is 1. The number of thiophene rings is 1. The third-order valence-corrected chi connectivity index (χ3v) is 8.37. The van der Waals surface area contributed by atoms with Gasteiger partial charge in [0.1, 0.15) is 22.4 Å². The Labute approximate surface area is 211 Å². The molecule has 1 atom stereocenters. The van der Waals surface area contributed by atoms with Crippen molar-refractivity contribution in [3.8, 4) is 10.8 Å². The van der Waals surface area contributed by atoms with Crippen LogP contribution in [-0.4, -0.2) is 22.6 Å². The second-order valence-electron chi connectivity index (χ2n) is 9.16. The van der Waals surface area contributed by atoms with Gasteiger partial charge in [0.05, 0.1) is 31.1 Å². The Morgan fingerprint density at radius 1 is 1.06 bits per heavy atom. The Morgan fingerprint density at radius 3 is 2.67 bits per heavy atom. The number of hydrogen-bond donors (Lipinski definition) is 1. The first-order valence-electron chi connectivity index (χ1n) is 12.0. The molecule has 1 aliphatic carbocycles. The number of urea groups is 1. The number of nitrogens with zero attached hydrogens (tertiary/aromatic N) is 2. The predicted molar refractivity (Wildman–Crippen MR) is 136 cm³/mol. The van der Waals surface area contributed by atoms with Crippen LogP contribution in [-0.2, 0) is 19.4 Å². The lowest BCUT2D eigenvalue weighted by Crippen LogP contribution is -2.38. The standard InChI is InChI=1S/C28H25F2N3O2S/c1-35-19-11-8-17(9-12-19)26-24-6-4-14-32(24)27-21(20-5-2-3-7-25(20)36-27)16-33(26)28(34)31-23-15-18(29)10-13-22(23)30/h4,6,8-15,26H,2-3,5,7,16H2,1H3,(H,31,34)/t26-/m1/s1. The molecule has 0 fully saturated rings. The maximum absolute atomic E-state index is 14.5. The van der Waals surface area contributed by atoms with Crippen molar-refractivity contribution in [2.75, 3.05) is 12.4 Å².